The molecule has 0 bridgehead atoms. The monoisotopic (exact) mass is 687 g/mol. The van der Waals surface area contributed by atoms with Gasteiger partial charge in [-0.3, -0.25) is 32.5 Å². The van der Waals surface area contributed by atoms with Gasteiger partial charge in [-0.2, -0.15) is 10.9 Å². The molecule has 0 saturated carbocycles. The summed E-state index contributed by atoms with van der Waals surface area (Å²) >= 11 is 3.83. The minimum Gasteiger partial charge on any atom is -0.377 e. The van der Waals surface area contributed by atoms with Crippen molar-refractivity contribution in [1.82, 2.24) is 16.0 Å². The Morgan fingerprint density at radius 2 is 1.33 bits per heavy atom. The lowest BCUT2D eigenvalue weighted by Crippen LogP contribution is -2.52. The predicted octanol–water partition coefficient (Wildman–Crippen LogP) is 1.71. The Kier molecular flexibility index (Phi) is 23.2. The number of hydrogen-bond acceptors (Lipinski definition) is 12. The number of rotatable bonds is 25. The number of hydrogen-bond donors (Lipinski definition) is 7. The van der Waals surface area contributed by atoms with Gasteiger partial charge in [0.2, 0.25) is 11.8 Å². The molecular formula is C22H47N3O13P2S2. The first kappa shape index (κ1) is 41.2. The minimum atomic E-state index is -4.22. The number of phosphoric ester groups is 2. The molecule has 0 rings (SSSR count). The molecule has 42 heavy (non-hydrogen) atoms. The summed E-state index contributed by atoms with van der Waals surface area (Å²) in [5.41, 5.74) is -0.758. The Morgan fingerprint density at radius 3 is 1.88 bits per heavy atom. The first-order chi connectivity index (χ1) is 19.6. The van der Waals surface area contributed by atoms with Crippen LogP contribution >= 0.6 is 39.2 Å². The van der Waals surface area contributed by atoms with Crippen LogP contribution in [-0.2, 0) is 46.3 Å². The average molecular weight is 688 g/mol. The molecule has 3 amide bonds. The number of carbonyl (C=O) groups is 3. The summed E-state index contributed by atoms with van der Waals surface area (Å²) < 4.78 is 52.8. The highest BCUT2D eigenvalue weighted by Gasteiger charge is 2.23. The van der Waals surface area contributed by atoms with Crippen molar-refractivity contribution in [3.05, 3.63) is 0 Å². The highest BCUT2D eigenvalue weighted by Crippen LogP contribution is 2.45. The quantitative estimate of drug-likeness (QED) is 0.0315. The molecule has 0 radical (unpaired) electrons. The number of carbonyl (C=O) groups excluding carboxylic acids is 3. The molecule has 0 saturated heterocycles. The van der Waals surface area contributed by atoms with Crippen LogP contribution in [0.4, 0.5) is 4.79 Å². The molecule has 0 aliphatic carbocycles. The molecule has 16 nitrogen and oxygen atoms in total. The number of amides is 3. The highest BCUT2D eigenvalue weighted by molar-refractivity contribution is 8.28. The van der Waals surface area contributed by atoms with Crippen LogP contribution in [0.2, 0.25) is 0 Å². The molecule has 250 valence electrons. The Morgan fingerprint density at radius 1 is 0.810 bits per heavy atom. The number of thiol groups is 2. The van der Waals surface area contributed by atoms with E-state index in [-0.39, 0.29) is 63.9 Å². The van der Waals surface area contributed by atoms with Gasteiger partial charge in [-0.1, -0.05) is 12.8 Å². The van der Waals surface area contributed by atoms with E-state index in [2.05, 4.69) is 37.6 Å². The summed E-state index contributed by atoms with van der Waals surface area (Å²) in [7, 11) is -9.24. The van der Waals surface area contributed by atoms with Gasteiger partial charge in [-0.05, 0) is 32.3 Å². The van der Waals surface area contributed by atoms with E-state index >= 15 is 0 Å². The first-order valence-electron chi connectivity index (χ1n) is 13.3. The van der Waals surface area contributed by atoms with E-state index in [0.29, 0.717) is 25.8 Å². The van der Waals surface area contributed by atoms with Crippen LogP contribution in [0.3, 0.4) is 0 Å². The lowest BCUT2D eigenvalue weighted by Gasteiger charge is -2.19. The number of nitrogens with one attached hydrogen (secondary N) is 3. The zero-order valence-electron chi connectivity index (χ0n) is 24.5. The second kappa shape index (κ2) is 23.6. The Bertz CT molecular complexity index is 886. The number of ether oxygens (including phenoxy) is 2. The van der Waals surface area contributed by atoms with Crippen LogP contribution in [0.25, 0.3) is 0 Å². The molecule has 4 atom stereocenters. The molecule has 0 spiro atoms. The molecule has 3 unspecified atom stereocenters. The van der Waals surface area contributed by atoms with Crippen molar-refractivity contribution >= 4 is 56.2 Å². The molecule has 20 heteroatoms. The molecule has 0 aromatic rings. The van der Waals surface area contributed by atoms with E-state index in [0.717, 1.165) is 6.42 Å². The summed E-state index contributed by atoms with van der Waals surface area (Å²) in [6, 6.07) is -0.865. The second-order valence-corrected chi connectivity index (χ2v) is 14.7. The van der Waals surface area contributed by atoms with E-state index in [1.807, 2.05) is 0 Å². The van der Waals surface area contributed by atoms with Gasteiger partial charge in [0.25, 0.3) is 5.24 Å². The van der Waals surface area contributed by atoms with Gasteiger partial charge in [-0.15, -0.1) is 12.6 Å². The third-order valence-electron chi connectivity index (χ3n) is 4.80. The number of phosphoric acid groups is 2. The van der Waals surface area contributed by atoms with Crippen molar-refractivity contribution < 1.29 is 60.9 Å². The van der Waals surface area contributed by atoms with Crippen molar-refractivity contribution in [2.45, 2.75) is 51.0 Å². The molecule has 0 aliphatic rings. The summed E-state index contributed by atoms with van der Waals surface area (Å²) in [5, 5.41) is 7.75. The maximum Gasteiger partial charge on any atom is 0.473 e. The topological polar surface area (TPSA) is 217 Å². The summed E-state index contributed by atoms with van der Waals surface area (Å²) in [4.78, 5) is 54.5. The minimum absolute atomic E-state index is 0.00698. The maximum absolute atomic E-state index is 12.4. The largest absolute Gasteiger partial charge is 0.473 e. The summed E-state index contributed by atoms with van der Waals surface area (Å²) in [5.74, 6) is -0.772. The van der Waals surface area contributed by atoms with Gasteiger partial charge in [0.15, 0.2) is 0 Å². The maximum atomic E-state index is 12.4. The molecule has 0 aliphatic heterocycles. The molecule has 0 aromatic heterocycles. The van der Waals surface area contributed by atoms with Gasteiger partial charge in [0, 0.05) is 20.0 Å². The van der Waals surface area contributed by atoms with Gasteiger partial charge >= 0.3 is 15.6 Å². The molecule has 0 heterocycles. The van der Waals surface area contributed by atoms with Gasteiger partial charge in [0.05, 0.1) is 46.2 Å². The van der Waals surface area contributed by atoms with E-state index in [1.165, 1.54) is 13.8 Å². The normalized spacial score (nSPS) is 16.0. The third-order valence-corrected chi connectivity index (χ3v) is 8.16. The Hall–Kier alpha value is -0.750. The molecule has 0 fully saturated rings. The zero-order valence-corrected chi connectivity index (χ0v) is 28.1. The van der Waals surface area contributed by atoms with Crippen LogP contribution in [0.15, 0.2) is 0 Å². The van der Waals surface area contributed by atoms with Crippen LogP contribution in [-0.4, -0.2) is 110 Å². The predicted molar refractivity (Wildman–Crippen MR) is 162 cm³/mol. The van der Waals surface area contributed by atoms with Crippen molar-refractivity contribution in [2.75, 3.05) is 71.8 Å². The van der Waals surface area contributed by atoms with Gasteiger partial charge in [0.1, 0.15) is 11.5 Å². The van der Waals surface area contributed by atoms with Crippen LogP contribution in [0.1, 0.15) is 39.5 Å². The summed E-state index contributed by atoms with van der Waals surface area (Å²) in [6.45, 7) is 3.18. The zero-order chi connectivity index (χ0) is 32.0. The third kappa shape index (κ3) is 24.7. The second-order valence-electron chi connectivity index (χ2n) is 8.91. The van der Waals surface area contributed by atoms with E-state index < -0.39 is 43.9 Å². The van der Waals surface area contributed by atoms with Crippen molar-refractivity contribution in [1.29, 1.82) is 0 Å². The lowest BCUT2D eigenvalue weighted by molar-refractivity contribution is -0.127. The van der Waals surface area contributed by atoms with Crippen LogP contribution in [0, 0.1) is 0 Å². The van der Waals surface area contributed by atoms with E-state index in [1.54, 1.807) is 12.5 Å². The average Bonchev–Trinajstić information content (AvgIpc) is 2.87. The fourth-order valence-corrected chi connectivity index (χ4v) is 5.16. The fourth-order valence-electron chi connectivity index (χ4n) is 2.90. The Labute approximate surface area is 255 Å². The fraction of sp³-hybridized carbons (Fsp3) is 0.864. The van der Waals surface area contributed by atoms with Crippen molar-refractivity contribution in [3.8, 4) is 0 Å². The summed E-state index contributed by atoms with van der Waals surface area (Å²) in [6.07, 6.45) is 6.13. The van der Waals surface area contributed by atoms with Crippen molar-refractivity contribution in [2.24, 2.45) is 0 Å². The SMILES string of the molecule is CC(=O)N[C@@H](CNC(=O)[SH](C)C)C(=O)NCCCCCCOP(=O)(O)OCCOCCOCCOP(=O)(O)OC(C)S. The first-order valence-corrected chi connectivity index (χ1v) is 19.0. The van der Waals surface area contributed by atoms with Crippen LogP contribution in [0.5, 0.6) is 0 Å². The highest BCUT2D eigenvalue weighted by atomic mass is 32.2. The van der Waals surface area contributed by atoms with E-state index in [4.69, 9.17) is 18.5 Å². The number of unbranched alkanes of at least 4 members (excludes halogenated alkanes) is 3. The Balaban J connectivity index is 3.83. The van der Waals surface area contributed by atoms with Gasteiger partial charge < -0.3 is 35.2 Å². The van der Waals surface area contributed by atoms with E-state index in [9.17, 15) is 33.3 Å². The lowest BCUT2D eigenvalue weighted by atomic mass is 10.2. The van der Waals surface area contributed by atoms with Crippen LogP contribution < -0.4 is 16.0 Å². The molecule has 5 N–H and O–H groups in total. The molecule has 0 aromatic carbocycles. The standard InChI is InChI=1S/C22H47N3O13P2S2/c1-18(26)25-20(17-24-22(28)42(3)4)21(27)23-9-7-5-6-8-10-35-39(29,30)36-15-13-33-11-12-34-14-16-37-40(31,32)38-19(2)41/h19-20,41-42H,5-17H2,1-4H3,(H,23,27)(H,24,28)(H,25,26)(H,29,30)(H,31,32)/t19?,20-/m0/s1. The van der Waals surface area contributed by atoms with Crippen molar-refractivity contribution in [3.63, 3.8) is 0 Å². The van der Waals surface area contributed by atoms with Gasteiger partial charge in [-0.25, -0.2) is 9.13 Å². The smallest absolute Gasteiger partial charge is 0.377 e. The molecular weight excluding hydrogens is 640 g/mol.